The van der Waals surface area contributed by atoms with Crippen molar-refractivity contribution in [3.63, 3.8) is 0 Å². The van der Waals surface area contributed by atoms with Crippen molar-refractivity contribution in [1.82, 2.24) is 20.4 Å². The maximum Gasteiger partial charge on any atom is 0.276 e. The van der Waals surface area contributed by atoms with Gasteiger partial charge < -0.3 is 24.2 Å². The van der Waals surface area contributed by atoms with Crippen LogP contribution in [0.5, 0.6) is 11.5 Å². The van der Waals surface area contributed by atoms with Gasteiger partial charge in [-0.2, -0.15) is 0 Å². The Morgan fingerprint density at radius 1 is 1.12 bits per heavy atom. The highest BCUT2D eigenvalue weighted by molar-refractivity contribution is 5.97. The Labute approximate surface area is 191 Å². The molecular weight excluding hydrogens is 424 g/mol. The molecule has 9 nitrogen and oxygen atoms in total. The number of ether oxygens (including phenoxy) is 2. The summed E-state index contributed by atoms with van der Waals surface area (Å²) in [7, 11) is 3.12. The number of carbonyl (C=O) groups excluding carboxylic acids is 2. The lowest BCUT2D eigenvalue weighted by molar-refractivity contribution is -0.126. The van der Waals surface area contributed by atoms with E-state index in [4.69, 9.17) is 14.0 Å². The smallest absolute Gasteiger partial charge is 0.276 e. The van der Waals surface area contributed by atoms with E-state index in [1.807, 2.05) is 12.1 Å². The van der Waals surface area contributed by atoms with E-state index in [0.717, 1.165) is 18.4 Å². The summed E-state index contributed by atoms with van der Waals surface area (Å²) in [4.78, 5) is 31.7. The molecule has 0 radical (unpaired) electrons. The van der Waals surface area contributed by atoms with Crippen molar-refractivity contribution < 1.29 is 23.6 Å². The van der Waals surface area contributed by atoms with Crippen LogP contribution in [0.15, 0.2) is 53.3 Å². The molecule has 1 aliphatic heterocycles. The molecule has 2 amide bonds. The van der Waals surface area contributed by atoms with Crippen LogP contribution in [0.3, 0.4) is 0 Å². The standard InChI is InChI=1S/C24H26N4O5/c1-31-17-6-7-21(32-2)18(13-17)22-14-19(27-33-22)24(30)28-12-4-3-5-20(28)23(29)26-15-16-8-10-25-11-9-16/h6-11,13-14,20H,3-5,12,15H2,1-2H3,(H,26,29). The lowest BCUT2D eigenvalue weighted by Gasteiger charge is -2.34. The number of methoxy groups -OCH3 is 2. The zero-order valence-electron chi connectivity index (χ0n) is 18.6. The van der Waals surface area contributed by atoms with Crippen LogP contribution in [-0.4, -0.2) is 53.7 Å². The van der Waals surface area contributed by atoms with Gasteiger partial charge in [-0.3, -0.25) is 14.6 Å². The fourth-order valence-electron chi connectivity index (χ4n) is 3.91. The number of hydrogen-bond acceptors (Lipinski definition) is 7. The van der Waals surface area contributed by atoms with Gasteiger partial charge >= 0.3 is 0 Å². The SMILES string of the molecule is COc1ccc(OC)c(-c2cc(C(=O)N3CCCCC3C(=O)NCc3ccncc3)no2)c1. The molecule has 0 aliphatic carbocycles. The van der Waals surface area contributed by atoms with Crippen LogP contribution in [0.2, 0.25) is 0 Å². The molecule has 1 atom stereocenters. The largest absolute Gasteiger partial charge is 0.497 e. The quantitative estimate of drug-likeness (QED) is 0.589. The number of pyridine rings is 1. The number of piperidine rings is 1. The van der Waals surface area contributed by atoms with Gasteiger partial charge in [0.05, 0.1) is 19.8 Å². The number of rotatable bonds is 7. The Morgan fingerprint density at radius 2 is 1.94 bits per heavy atom. The topological polar surface area (TPSA) is 107 Å². The number of carbonyl (C=O) groups is 2. The predicted molar refractivity (Wildman–Crippen MR) is 120 cm³/mol. The molecule has 1 fully saturated rings. The van der Waals surface area contributed by atoms with Crippen molar-refractivity contribution in [1.29, 1.82) is 0 Å². The molecule has 1 aromatic carbocycles. The summed E-state index contributed by atoms with van der Waals surface area (Å²) in [5.41, 5.74) is 1.71. The highest BCUT2D eigenvalue weighted by Gasteiger charge is 2.34. The number of benzene rings is 1. The molecule has 4 rings (SSSR count). The zero-order valence-corrected chi connectivity index (χ0v) is 18.6. The fraction of sp³-hybridized carbons (Fsp3) is 0.333. The number of aromatic nitrogens is 2. The first-order chi connectivity index (χ1) is 16.1. The van der Waals surface area contributed by atoms with Crippen molar-refractivity contribution in [2.45, 2.75) is 31.8 Å². The number of amides is 2. The number of hydrogen-bond donors (Lipinski definition) is 1. The van der Waals surface area contributed by atoms with Crippen LogP contribution in [-0.2, 0) is 11.3 Å². The molecule has 2 aromatic heterocycles. The van der Waals surface area contributed by atoms with Gasteiger partial charge in [0.2, 0.25) is 5.91 Å². The summed E-state index contributed by atoms with van der Waals surface area (Å²) in [6.45, 7) is 0.862. The second-order valence-corrected chi connectivity index (χ2v) is 7.73. The molecule has 0 saturated carbocycles. The summed E-state index contributed by atoms with van der Waals surface area (Å²) in [6.07, 6.45) is 5.66. The second-order valence-electron chi connectivity index (χ2n) is 7.73. The van der Waals surface area contributed by atoms with E-state index in [1.54, 1.807) is 55.8 Å². The average molecular weight is 450 g/mol. The summed E-state index contributed by atoms with van der Waals surface area (Å²) in [5.74, 6) is 1.05. The minimum absolute atomic E-state index is 0.142. The van der Waals surface area contributed by atoms with E-state index in [1.165, 1.54) is 0 Å². The van der Waals surface area contributed by atoms with Crippen molar-refractivity contribution in [2.75, 3.05) is 20.8 Å². The second kappa shape index (κ2) is 10.2. The van der Waals surface area contributed by atoms with Gasteiger partial charge in [-0.25, -0.2) is 0 Å². The van der Waals surface area contributed by atoms with Gasteiger partial charge in [-0.05, 0) is 55.2 Å². The highest BCUT2D eigenvalue weighted by atomic mass is 16.5. The van der Waals surface area contributed by atoms with E-state index < -0.39 is 6.04 Å². The normalized spacial score (nSPS) is 15.7. The third-order valence-electron chi connectivity index (χ3n) is 5.68. The third kappa shape index (κ3) is 4.97. The van der Waals surface area contributed by atoms with Gasteiger partial charge in [0.1, 0.15) is 17.5 Å². The van der Waals surface area contributed by atoms with E-state index >= 15 is 0 Å². The monoisotopic (exact) mass is 450 g/mol. The molecule has 1 unspecified atom stereocenters. The van der Waals surface area contributed by atoms with Crippen LogP contribution >= 0.6 is 0 Å². The Hall–Kier alpha value is -3.88. The Bertz CT molecular complexity index is 1120. The van der Waals surface area contributed by atoms with E-state index in [0.29, 0.717) is 42.3 Å². The highest BCUT2D eigenvalue weighted by Crippen LogP contribution is 2.34. The summed E-state index contributed by atoms with van der Waals surface area (Å²) in [6, 6.07) is 9.98. The summed E-state index contributed by atoms with van der Waals surface area (Å²) < 4.78 is 16.1. The van der Waals surface area contributed by atoms with Gasteiger partial charge in [0.15, 0.2) is 11.5 Å². The van der Waals surface area contributed by atoms with Crippen LogP contribution in [0.4, 0.5) is 0 Å². The average Bonchev–Trinajstić information content (AvgIpc) is 3.37. The third-order valence-corrected chi connectivity index (χ3v) is 5.68. The maximum atomic E-state index is 13.3. The molecule has 33 heavy (non-hydrogen) atoms. The first-order valence-electron chi connectivity index (χ1n) is 10.8. The minimum Gasteiger partial charge on any atom is -0.497 e. The summed E-state index contributed by atoms with van der Waals surface area (Å²) >= 11 is 0. The lowest BCUT2D eigenvalue weighted by Crippen LogP contribution is -2.51. The van der Waals surface area contributed by atoms with Gasteiger partial charge in [0, 0.05) is 31.5 Å². The molecule has 9 heteroatoms. The number of likely N-dealkylation sites (tertiary alicyclic amines) is 1. The van der Waals surface area contributed by atoms with Crippen LogP contribution in [0, 0.1) is 0 Å². The molecule has 3 aromatic rings. The van der Waals surface area contributed by atoms with Gasteiger partial charge in [-0.15, -0.1) is 0 Å². The van der Waals surface area contributed by atoms with Gasteiger partial charge in [-0.1, -0.05) is 5.16 Å². The molecule has 3 heterocycles. The van der Waals surface area contributed by atoms with E-state index in [-0.39, 0.29) is 17.5 Å². The molecule has 172 valence electrons. The molecule has 1 aliphatic rings. The van der Waals surface area contributed by atoms with Crippen molar-refractivity contribution in [3.8, 4) is 22.8 Å². The van der Waals surface area contributed by atoms with E-state index in [9.17, 15) is 9.59 Å². The molecule has 0 spiro atoms. The molecule has 0 bridgehead atoms. The number of nitrogens with zero attached hydrogens (tertiary/aromatic N) is 3. The first-order valence-corrected chi connectivity index (χ1v) is 10.8. The zero-order chi connectivity index (χ0) is 23.2. The Morgan fingerprint density at radius 3 is 2.70 bits per heavy atom. The number of nitrogens with one attached hydrogen (secondary N) is 1. The maximum absolute atomic E-state index is 13.3. The van der Waals surface area contributed by atoms with E-state index in [2.05, 4.69) is 15.5 Å². The minimum atomic E-state index is -0.556. The van der Waals surface area contributed by atoms with Gasteiger partial charge in [0.25, 0.3) is 5.91 Å². The fourth-order valence-corrected chi connectivity index (χ4v) is 3.91. The van der Waals surface area contributed by atoms with Crippen molar-refractivity contribution in [2.24, 2.45) is 0 Å². The Kier molecular flexibility index (Phi) is 6.87. The van der Waals surface area contributed by atoms with Crippen LogP contribution in [0.1, 0.15) is 35.3 Å². The molecular formula is C24H26N4O5. The van der Waals surface area contributed by atoms with Crippen LogP contribution in [0.25, 0.3) is 11.3 Å². The van der Waals surface area contributed by atoms with Crippen molar-refractivity contribution >= 4 is 11.8 Å². The lowest BCUT2D eigenvalue weighted by atomic mass is 10.0. The summed E-state index contributed by atoms with van der Waals surface area (Å²) in [5, 5.41) is 6.91. The Balaban J connectivity index is 1.51. The van der Waals surface area contributed by atoms with Crippen molar-refractivity contribution in [3.05, 3.63) is 60.0 Å². The van der Waals surface area contributed by atoms with Crippen LogP contribution < -0.4 is 14.8 Å². The first kappa shape index (κ1) is 22.3. The molecule has 1 saturated heterocycles. The molecule has 1 N–H and O–H groups in total. The predicted octanol–water partition coefficient (Wildman–Crippen LogP) is 3.06.